The number of hydrogen-bond acceptors (Lipinski definition) is 3. The smallest absolute Gasteiger partial charge is 0.335 e. The molecule has 0 amide bonds. The lowest BCUT2D eigenvalue weighted by molar-refractivity contribution is 0.385. The van der Waals surface area contributed by atoms with E-state index in [0.29, 0.717) is 10.0 Å². The van der Waals surface area contributed by atoms with E-state index < -0.39 is 22.9 Å². The molecule has 0 atom stereocenters. The highest BCUT2D eigenvalue weighted by molar-refractivity contribution is 9.10. The summed E-state index contributed by atoms with van der Waals surface area (Å²) in [4.78, 5) is 24.6. The third-order valence-corrected chi connectivity index (χ3v) is 3.26. The Balaban J connectivity index is 2.92. The lowest BCUT2D eigenvalue weighted by Crippen LogP contribution is -2.31. The molecule has 1 heterocycles. The largest absolute Gasteiger partial charge is 0.492 e. The number of benzene rings is 1. The van der Waals surface area contributed by atoms with Gasteiger partial charge in [0.05, 0.1) is 5.69 Å². The Bertz CT molecular complexity index is 757. The van der Waals surface area contributed by atoms with Crippen molar-refractivity contribution >= 4 is 15.9 Å². The maximum Gasteiger partial charge on any atom is 0.335 e. The molecule has 100 valence electrons. The Morgan fingerprint density at radius 1 is 1.32 bits per heavy atom. The van der Waals surface area contributed by atoms with Gasteiger partial charge in [0.1, 0.15) is 0 Å². The van der Waals surface area contributed by atoms with Crippen LogP contribution in [0.3, 0.4) is 0 Å². The van der Waals surface area contributed by atoms with E-state index in [2.05, 4.69) is 15.9 Å². The topological polar surface area (TPSA) is 75.1 Å². The standard InChI is InChI=1S/C12H10BrFN2O3/c1-5-3-6(2)9(7(13)4-5)16-11(18)8(14)10(17)15-12(16)19/h3-4,18H,1-2H3,(H,15,17,19). The number of H-pyrrole nitrogens is 1. The van der Waals surface area contributed by atoms with Crippen molar-refractivity contribution < 1.29 is 9.50 Å². The first-order chi connectivity index (χ1) is 8.82. The van der Waals surface area contributed by atoms with Gasteiger partial charge in [-0.25, -0.2) is 9.36 Å². The van der Waals surface area contributed by atoms with E-state index in [1.54, 1.807) is 19.1 Å². The van der Waals surface area contributed by atoms with Gasteiger partial charge in [0.25, 0.3) is 5.56 Å². The predicted molar refractivity (Wildman–Crippen MR) is 71.5 cm³/mol. The van der Waals surface area contributed by atoms with Gasteiger partial charge in [-0.2, -0.15) is 4.39 Å². The first kappa shape index (κ1) is 13.5. The zero-order valence-corrected chi connectivity index (χ0v) is 11.7. The molecule has 2 rings (SSSR count). The zero-order chi connectivity index (χ0) is 14.3. The predicted octanol–water partition coefficient (Wildman–Crippen LogP) is 1.75. The van der Waals surface area contributed by atoms with Crippen LogP contribution in [0.25, 0.3) is 5.69 Å². The molecule has 0 radical (unpaired) electrons. The molecule has 0 aliphatic carbocycles. The van der Waals surface area contributed by atoms with E-state index in [-0.39, 0.29) is 5.69 Å². The van der Waals surface area contributed by atoms with Crippen LogP contribution in [0.1, 0.15) is 11.1 Å². The summed E-state index contributed by atoms with van der Waals surface area (Å²) in [7, 11) is 0. The van der Waals surface area contributed by atoms with Crippen molar-refractivity contribution in [3.8, 4) is 11.6 Å². The average Bonchev–Trinajstić information content (AvgIpc) is 2.29. The maximum absolute atomic E-state index is 13.4. The molecule has 2 aromatic rings. The molecule has 0 spiro atoms. The van der Waals surface area contributed by atoms with Crippen LogP contribution in [-0.2, 0) is 0 Å². The highest BCUT2D eigenvalue weighted by Crippen LogP contribution is 2.28. The van der Waals surface area contributed by atoms with Crippen LogP contribution in [0.2, 0.25) is 0 Å². The second-order valence-electron chi connectivity index (χ2n) is 4.14. The van der Waals surface area contributed by atoms with E-state index in [4.69, 9.17) is 0 Å². The molecule has 1 aromatic heterocycles. The number of aromatic nitrogens is 2. The monoisotopic (exact) mass is 328 g/mol. The number of aromatic amines is 1. The number of nitrogens with zero attached hydrogens (tertiary/aromatic N) is 1. The van der Waals surface area contributed by atoms with Gasteiger partial charge in [0, 0.05) is 4.47 Å². The van der Waals surface area contributed by atoms with Crippen LogP contribution >= 0.6 is 15.9 Å². The second kappa shape index (κ2) is 4.65. The van der Waals surface area contributed by atoms with Crippen LogP contribution < -0.4 is 11.2 Å². The van der Waals surface area contributed by atoms with Gasteiger partial charge >= 0.3 is 5.69 Å². The average molecular weight is 329 g/mol. The third-order valence-electron chi connectivity index (χ3n) is 2.65. The maximum atomic E-state index is 13.4. The molecule has 2 N–H and O–H groups in total. The molecule has 0 aliphatic rings. The van der Waals surface area contributed by atoms with Gasteiger partial charge in [-0.1, -0.05) is 6.07 Å². The number of halogens is 2. The molecule has 7 heteroatoms. The molecule has 0 bridgehead atoms. The van der Waals surface area contributed by atoms with Crippen LogP contribution in [0, 0.1) is 19.7 Å². The summed E-state index contributed by atoms with van der Waals surface area (Å²) in [6.07, 6.45) is 0. The fraction of sp³-hybridized carbons (Fsp3) is 0.167. The zero-order valence-electron chi connectivity index (χ0n) is 10.1. The molecule has 0 aliphatic heterocycles. The van der Waals surface area contributed by atoms with Crippen molar-refractivity contribution in [2.75, 3.05) is 0 Å². The van der Waals surface area contributed by atoms with Crippen molar-refractivity contribution in [1.29, 1.82) is 0 Å². The summed E-state index contributed by atoms with van der Waals surface area (Å²) >= 11 is 3.26. The van der Waals surface area contributed by atoms with E-state index in [0.717, 1.165) is 10.1 Å². The lowest BCUT2D eigenvalue weighted by Gasteiger charge is -2.13. The number of nitrogens with one attached hydrogen (secondary N) is 1. The van der Waals surface area contributed by atoms with Gasteiger partial charge < -0.3 is 5.11 Å². The minimum Gasteiger partial charge on any atom is -0.492 e. The highest BCUT2D eigenvalue weighted by Gasteiger charge is 2.18. The molecule has 0 saturated carbocycles. The van der Waals surface area contributed by atoms with Crippen LogP contribution in [-0.4, -0.2) is 14.7 Å². The van der Waals surface area contributed by atoms with E-state index in [1.165, 1.54) is 0 Å². The van der Waals surface area contributed by atoms with Crippen LogP contribution in [0.15, 0.2) is 26.2 Å². The highest BCUT2D eigenvalue weighted by atomic mass is 79.9. The molecule has 1 aromatic carbocycles. The second-order valence-corrected chi connectivity index (χ2v) is 5.00. The molecule has 0 unspecified atom stereocenters. The summed E-state index contributed by atoms with van der Waals surface area (Å²) in [6.45, 7) is 3.57. The number of aryl methyl sites for hydroxylation is 2. The van der Waals surface area contributed by atoms with E-state index >= 15 is 0 Å². The Morgan fingerprint density at radius 3 is 2.53 bits per heavy atom. The van der Waals surface area contributed by atoms with Gasteiger partial charge in [-0.15, -0.1) is 0 Å². The summed E-state index contributed by atoms with van der Waals surface area (Å²) < 4.78 is 14.7. The molecule has 19 heavy (non-hydrogen) atoms. The summed E-state index contributed by atoms with van der Waals surface area (Å²) in [5.74, 6) is -2.41. The minimum absolute atomic E-state index is 0.281. The normalized spacial score (nSPS) is 10.7. The van der Waals surface area contributed by atoms with Crippen molar-refractivity contribution in [2.24, 2.45) is 0 Å². The summed E-state index contributed by atoms with van der Waals surface area (Å²) in [5.41, 5.74) is -0.291. The molecule has 5 nitrogen and oxygen atoms in total. The van der Waals surface area contributed by atoms with Crippen molar-refractivity contribution in [3.63, 3.8) is 0 Å². The number of hydrogen-bond donors (Lipinski definition) is 2. The Labute approximate surface area is 115 Å². The van der Waals surface area contributed by atoms with Gasteiger partial charge in [-0.05, 0) is 47.0 Å². The Morgan fingerprint density at radius 2 is 1.95 bits per heavy atom. The van der Waals surface area contributed by atoms with Crippen molar-refractivity contribution in [1.82, 2.24) is 9.55 Å². The molecular formula is C12H10BrFN2O3. The molecular weight excluding hydrogens is 319 g/mol. The Hall–Kier alpha value is -1.89. The molecule has 0 fully saturated rings. The fourth-order valence-electron chi connectivity index (χ4n) is 1.90. The SMILES string of the molecule is Cc1cc(C)c(-n2c(O)c(F)c(=O)[nH]c2=O)c(Br)c1. The first-order valence-corrected chi connectivity index (χ1v) is 6.13. The van der Waals surface area contributed by atoms with E-state index in [1.807, 2.05) is 11.9 Å². The third kappa shape index (κ3) is 2.21. The van der Waals surface area contributed by atoms with Gasteiger partial charge in [-0.3, -0.25) is 9.78 Å². The fourth-order valence-corrected chi connectivity index (χ4v) is 2.75. The Kier molecular flexibility index (Phi) is 3.32. The first-order valence-electron chi connectivity index (χ1n) is 5.34. The lowest BCUT2D eigenvalue weighted by atomic mass is 10.1. The summed E-state index contributed by atoms with van der Waals surface area (Å²) in [5, 5.41) is 9.68. The molecule has 0 saturated heterocycles. The van der Waals surface area contributed by atoms with Gasteiger partial charge in [0.15, 0.2) is 0 Å². The summed E-state index contributed by atoms with van der Waals surface area (Å²) in [6, 6.07) is 3.49. The van der Waals surface area contributed by atoms with Gasteiger partial charge in [0.2, 0.25) is 11.7 Å². The van der Waals surface area contributed by atoms with E-state index in [9.17, 15) is 19.1 Å². The van der Waals surface area contributed by atoms with Crippen molar-refractivity contribution in [2.45, 2.75) is 13.8 Å². The van der Waals surface area contributed by atoms with Crippen LogP contribution in [0.5, 0.6) is 5.88 Å². The quantitative estimate of drug-likeness (QED) is 0.837. The minimum atomic E-state index is -1.40. The number of aromatic hydroxyl groups is 1. The number of rotatable bonds is 1. The van der Waals surface area contributed by atoms with Crippen LogP contribution in [0.4, 0.5) is 4.39 Å². The van der Waals surface area contributed by atoms with Crippen molar-refractivity contribution in [3.05, 3.63) is 54.4 Å².